The summed E-state index contributed by atoms with van der Waals surface area (Å²) in [5, 5.41) is 2.30. The van der Waals surface area contributed by atoms with Crippen molar-refractivity contribution in [1.82, 2.24) is 10.2 Å². The lowest BCUT2D eigenvalue weighted by atomic mass is 10.2. The van der Waals surface area contributed by atoms with Crippen molar-refractivity contribution in [1.29, 1.82) is 0 Å². The van der Waals surface area contributed by atoms with Crippen molar-refractivity contribution in [3.63, 3.8) is 0 Å². The molecule has 1 unspecified atom stereocenters. The Balaban J connectivity index is 1.48. The normalized spacial score (nSPS) is 17.7. The molecule has 1 atom stereocenters. The number of thioether (sulfide) groups is 1. The van der Waals surface area contributed by atoms with Crippen LogP contribution in [0.2, 0.25) is 0 Å². The van der Waals surface area contributed by atoms with Crippen molar-refractivity contribution in [2.24, 2.45) is 0 Å². The Morgan fingerprint density at radius 3 is 2.90 bits per heavy atom. The quantitative estimate of drug-likeness (QED) is 0.439. The molecule has 0 aliphatic carbocycles. The maximum atomic E-state index is 12.6. The van der Waals surface area contributed by atoms with Crippen LogP contribution in [0.4, 0.5) is 4.79 Å². The van der Waals surface area contributed by atoms with Gasteiger partial charge in [0.05, 0.1) is 18.1 Å². The maximum Gasteiger partial charge on any atom is 0.293 e. The van der Waals surface area contributed by atoms with E-state index in [-0.39, 0.29) is 31.0 Å². The lowest BCUT2D eigenvalue weighted by molar-refractivity contribution is -0.133. The molecule has 0 spiro atoms. The SMILES string of the molecule is CCOCCOC(C)C(=O)NCCN1C(=O)S/C(=C/c2ccc3c(c2)OCO3)C1=O. The van der Waals surface area contributed by atoms with Gasteiger partial charge < -0.3 is 24.3 Å². The second-order valence-electron chi connectivity index (χ2n) is 6.45. The molecule has 2 aliphatic rings. The summed E-state index contributed by atoms with van der Waals surface area (Å²) in [4.78, 5) is 38.3. The van der Waals surface area contributed by atoms with E-state index in [0.29, 0.717) is 36.2 Å². The van der Waals surface area contributed by atoms with Crippen molar-refractivity contribution in [3.8, 4) is 11.5 Å². The summed E-state index contributed by atoms with van der Waals surface area (Å²) in [6.07, 6.45) is 0.992. The molecule has 0 radical (unpaired) electrons. The number of imide groups is 1. The molecule has 2 heterocycles. The van der Waals surface area contributed by atoms with Crippen LogP contribution in [0.1, 0.15) is 19.4 Å². The molecule has 10 heteroatoms. The zero-order chi connectivity index (χ0) is 21.5. The molecule has 1 aromatic rings. The van der Waals surface area contributed by atoms with Crippen LogP contribution in [0.5, 0.6) is 11.5 Å². The molecule has 0 saturated carbocycles. The van der Waals surface area contributed by atoms with E-state index >= 15 is 0 Å². The first-order valence-electron chi connectivity index (χ1n) is 9.61. The minimum Gasteiger partial charge on any atom is -0.454 e. The highest BCUT2D eigenvalue weighted by molar-refractivity contribution is 8.18. The van der Waals surface area contributed by atoms with Gasteiger partial charge in [-0.2, -0.15) is 0 Å². The molecule has 1 N–H and O–H groups in total. The third-order valence-corrected chi connectivity index (χ3v) is 5.28. The van der Waals surface area contributed by atoms with Gasteiger partial charge in [-0.3, -0.25) is 19.3 Å². The van der Waals surface area contributed by atoms with Gasteiger partial charge >= 0.3 is 0 Å². The maximum absolute atomic E-state index is 12.6. The Hall–Kier alpha value is -2.56. The number of hydrogen-bond acceptors (Lipinski definition) is 8. The number of nitrogens with zero attached hydrogens (tertiary/aromatic N) is 1. The fraction of sp³-hybridized carbons (Fsp3) is 0.450. The lowest BCUT2D eigenvalue weighted by Crippen LogP contribution is -2.41. The summed E-state index contributed by atoms with van der Waals surface area (Å²) >= 11 is 0.866. The summed E-state index contributed by atoms with van der Waals surface area (Å²) in [6, 6.07) is 5.30. The van der Waals surface area contributed by atoms with Crippen LogP contribution in [-0.2, 0) is 19.1 Å². The van der Waals surface area contributed by atoms with Crippen LogP contribution in [-0.4, -0.2) is 67.8 Å². The zero-order valence-electron chi connectivity index (χ0n) is 16.8. The van der Waals surface area contributed by atoms with E-state index in [1.54, 1.807) is 31.2 Å². The summed E-state index contributed by atoms with van der Waals surface area (Å²) in [6.45, 7) is 5.23. The van der Waals surface area contributed by atoms with E-state index < -0.39 is 12.0 Å². The van der Waals surface area contributed by atoms with Gasteiger partial charge in [-0.15, -0.1) is 0 Å². The van der Waals surface area contributed by atoms with E-state index in [2.05, 4.69) is 5.32 Å². The molecular weight excluding hydrogens is 412 g/mol. The van der Waals surface area contributed by atoms with E-state index in [0.717, 1.165) is 22.2 Å². The lowest BCUT2D eigenvalue weighted by Gasteiger charge is -2.16. The number of ether oxygens (including phenoxy) is 4. The minimum atomic E-state index is -0.647. The first kappa shape index (κ1) is 22.1. The average Bonchev–Trinajstić information content (AvgIpc) is 3.30. The van der Waals surface area contributed by atoms with Crippen LogP contribution < -0.4 is 14.8 Å². The van der Waals surface area contributed by atoms with Crippen molar-refractivity contribution in [2.45, 2.75) is 20.0 Å². The second-order valence-corrected chi connectivity index (χ2v) is 7.44. The van der Waals surface area contributed by atoms with Crippen LogP contribution >= 0.6 is 11.8 Å². The van der Waals surface area contributed by atoms with E-state index in [1.807, 2.05) is 6.92 Å². The highest BCUT2D eigenvalue weighted by atomic mass is 32.2. The van der Waals surface area contributed by atoms with Crippen LogP contribution in [0.3, 0.4) is 0 Å². The van der Waals surface area contributed by atoms with E-state index in [9.17, 15) is 14.4 Å². The fourth-order valence-electron chi connectivity index (χ4n) is 2.79. The van der Waals surface area contributed by atoms with Crippen LogP contribution in [0.25, 0.3) is 6.08 Å². The number of rotatable bonds is 10. The molecular formula is C20H24N2O7S. The molecule has 2 aliphatic heterocycles. The standard InChI is InChI=1S/C20H24N2O7S/c1-3-26-8-9-27-13(2)18(23)21-6-7-22-19(24)17(30-20(22)25)11-14-4-5-15-16(10-14)29-12-28-15/h4-5,10-11,13H,3,6-9,12H2,1-2H3,(H,21,23)/b17-11+. The van der Waals surface area contributed by atoms with Crippen molar-refractivity contribution < 1.29 is 33.3 Å². The number of fused-ring (bicyclic) bond motifs is 1. The summed E-state index contributed by atoms with van der Waals surface area (Å²) in [5.74, 6) is 0.544. The number of hydrogen-bond donors (Lipinski definition) is 1. The van der Waals surface area contributed by atoms with Gasteiger partial charge in [0, 0.05) is 19.7 Å². The Kier molecular flexibility index (Phi) is 7.72. The van der Waals surface area contributed by atoms with Gasteiger partial charge in [-0.1, -0.05) is 6.07 Å². The molecule has 3 amide bonds. The van der Waals surface area contributed by atoms with Crippen molar-refractivity contribution >= 4 is 34.9 Å². The summed E-state index contributed by atoms with van der Waals surface area (Å²) < 4.78 is 21.1. The molecule has 30 heavy (non-hydrogen) atoms. The van der Waals surface area contributed by atoms with Crippen LogP contribution in [0.15, 0.2) is 23.1 Å². The van der Waals surface area contributed by atoms with Gasteiger partial charge in [0.2, 0.25) is 12.7 Å². The molecule has 162 valence electrons. The molecule has 9 nitrogen and oxygen atoms in total. The number of amides is 3. The third kappa shape index (κ3) is 5.53. The monoisotopic (exact) mass is 436 g/mol. The molecule has 0 aromatic heterocycles. The first-order chi connectivity index (χ1) is 14.5. The molecule has 1 saturated heterocycles. The smallest absolute Gasteiger partial charge is 0.293 e. The minimum absolute atomic E-state index is 0.0839. The number of carbonyl (C=O) groups is 3. The van der Waals surface area contributed by atoms with Gasteiger partial charge in [-0.05, 0) is 49.4 Å². The summed E-state index contributed by atoms with van der Waals surface area (Å²) in [7, 11) is 0. The zero-order valence-corrected chi connectivity index (χ0v) is 17.7. The number of carbonyl (C=O) groups excluding carboxylic acids is 3. The molecule has 3 rings (SSSR count). The Bertz CT molecular complexity index is 842. The van der Waals surface area contributed by atoms with Gasteiger partial charge in [0.1, 0.15) is 6.10 Å². The number of nitrogens with one attached hydrogen (secondary N) is 1. The summed E-state index contributed by atoms with van der Waals surface area (Å²) in [5.41, 5.74) is 0.732. The molecule has 0 bridgehead atoms. The molecule has 1 fully saturated rings. The van der Waals surface area contributed by atoms with Gasteiger partial charge in [-0.25, -0.2) is 0 Å². The fourth-order valence-corrected chi connectivity index (χ4v) is 3.65. The topological polar surface area (TPSA) is 103 Å². The van der Waals surface area contributed by atoms with Crippen LogP contribution in [0, 0.1) is 0 Å². The Morgan fingerprint density at radius 2 is 2.10 bits per heavy atom. The highest BCUT2D eigenvalue weighted by Gasteiger charge is 2.34. The number of benzene rings is 1. The van der Waals surface area contributed by atoms with E-state index in [1.165, 1.54) is 0 Å². The highest BCUT2D eigenvalue weighted by Crippen LogP contribution is 2.36. The van der Waals surface area contributed by atoms with Crippen molar-refractivity contribution in [3.05, 3.63) is 28.7 Å². The molecule has 1 aromatic carbocycles. The average molecular weight is 436 g/mol. The predicted molar refractivity (Wildman–Crippen MR) is 110 cm³/mol. The second kappa shape index (κ2) is 10.5. The predicted octanol–water partition coefficient (Wildman–Crippen LogP) is 2.01. The van der Waals surface area contributed by atoms with Crippen molar-refractivity contribution in [2.75, 3.05) is 39.7 Å². The Labute approximate surface area is 178 Å². The third-order valence-electron chi connectivity index (χ3n) is 4.37. The first-order valence-corrected chi connectivity index (χ1v) is 10.4. The van der Waals surface area contributed by atoms with E-state index in [4.69, 9.17) is 18.9 Å². The Morgan fingerprint density at radius 1 is 1.30 bits per heavy atom. The van der Waals surface area contributed by atoms with Gasteiger partial charge in [0.25, 0.3) is 11.1 Å². The van der Waals surface area contributed by atoms with Gasteiger partial charge in [0.15, 0.2) is 11.5 Å². The largest absolute Gasteiger partial charge is 0.454 e.